The Morgan fingerprint density at radius 2 is 2.12 bits per heavy atom. The number of hydrogen-bond acceptors (Lipinski definition) is 3. The van der Waals surface area contributed by atoms with Crippen molar-refractivity contribution in [3.05, 3.63) is 6.61 Å². The van der Waals surface area contributed by atoms with Crippen LogP contribution < -0.4 is 0 Å². The smallest absolute Gasteiger partial charge is 0.000826 e. The second-order valence-corrected chi connectivity index (χ2v) is 4.28. The van der Waals surface area contributed by atoms with E-state index in [0.717, 1.165) is 0 Å². The van der Waals surface area contributed by atoms with Gasteiger partial charge in [-0.05, 0) is 7.11 Å². The maximum Gasteiger partial charge on any atom is 0.000826 e. The summed E-state index contributed by atoms with van der Waals surface area (Å²) in [6.07, 6.45) is 0. The molecule has 0 spiro atoms. The molecule has 0 atom stereocenters. The fourth-order valence-electron chi connectivity index (χ4n) is 0.566. The fraction of sp³-hybridized carbons (Fsp3) is 0.800. The molecule has 0 aromatic rings. The standard InChI is InChI=1S/C5H9OS2/c1-6-4-5-7-2-3-8-5/h4-5H,2-3H2,1H3/q-1. The van der Waals surface area contributed by atoms with E-state index in [1.165, 1.54) is 11.5 Å². The zero-order valence-electron chi connectivity index (χ0n) is 4.79. The fourth-order valence-corrected chi connectivity index (χ4v) is 3.14. The molecule has 8 heavy (non-hydrogen) atoms. The molecule has 1 heterocycles. The Morgan fingerprint density at radius 1 is 1.50 bits per heavy atom. The van der Waals surface area contributed by atoms with Gasteiger partial charge in [-0.2, -0.15) is 30.1 Å². The van der Waals surface area contributed by atoms with Gasteiger partial charge in [0.05, 0.1) is 0 Å². The van der Waals surface area contributed by atoms with Crippen molar-refractivity contribution in [2.75, 3.05) is 18.6 Å². The second kappa shape index (κ2) is 3.64. The third-order valence-electron chi connectivity index (χ3n) is 0.895. The molecule has 0 N–H and O–H groups in total. The quantitative estimate of drug-likeness (QED) is 0.552. The maximum atomic E-state index is 4.86. The van der Waals surface area contributed by atoms with Gasteiger partial charge in [0, 0.05) is 11.5 Å². The molecule has 0 aliphatic carbocycles. The molecule has 1 fully saturated rings. The molecule has 3 heteroatoms. The molecule has 1 nitrogen and oxygen atoms in total. The Balaban J connectivity index is 2.06. The van der Waals surface area contributed by atoms with Gasteiger partial charge in [-0.15, -0.1) is 0 Å². The van der Waals surface area contributed by atoms with Crippen LogP contribution in [0.15, 0.2) is 0 Å². The van der Waals surface area contributed by atoms with Gasteiger partial charge < -0.3 is 4.74 Å². The van der Waals surface area contributed by atoms with Crippen molar-refractivity contribution in [3.63, 3.8) is 0 Å². The molecular weight excluding hydrogens is 140 g/mol. The predicted molar refractivity (Wildman–Crippen MR) is 40.0 cm³/mol. The van der Waals surface area contributed by atoms with Gasteiger partial charge in [0.2, 0.25) is 0 Å². The molecule has 0 aromatic carbocycles. The molecule has 0 unspecified atom stereocenters. The third-order valence-corrected chi connectivity index (χ3v) is 3.73. The zero-order chi connectivity index (χ0) is 5.82. The summed E-state index contributed by atoms with van der Waals surface area (Å²) in [6, 6.07) is 0. The molecule has 1 aliphatic rings. The molecule has 0 aromatic heterocycles. The van der Waals surface area contributed by atoms with Crippen LogP contribution in [0.1, 0.15) is 0 Å². The number of ether oxygens (including phenoxy) is 1. The Kier molecular flexibility index (Phi) is 3.08. The molecule has 48 valence electrons. The van der Waals surface area contributed by atoms with E-state index in [1.807, 2.05) is 30.1 Å². The monoisotopic (exact) mass is 149 g/mol. The highest BCUT2D eigenvalue weighted by Gasteiger charge is 2.06. The van der Waals surface area contributed by atoms with E-state index in [2.05, 4.69) is 0 Å². The van der Waals surface area contributed by atoms with Crippen molar-refractivity contribution < 1.29 is 4.74 Å². The SMILES string of the molecule is CO[CH-]C1SCCS1. The van der Waals surface area contributed by atoms with Crippen molar-refractivity contribution in [1.29, 1.82) is 0 Å². The van der Waals surface area contributed by atoms with Crippen molar-refractivity contribution >= 4 is 23.5 Å². The van der Waals surface area contributed by atoms with Gasteiger partial charge in [-0.3, -0.25) is 0 Å². The Hall–Kier alpha value is 0.660. The van der Waals surface area contributed by atoms with Crippen LogP contribution in [0, 0.1) is 6.61 Å². The van der Waals surface area contributed by atoms with Gasteiger partial charge in [-0.25, -0.2) is 0 Å². The molecule has 1 rings (SSSR count). The first-order valence-electron chi connectivity index (χ1n) is 2.53. The van der Waals surface area contributed by atoms with Crippen molar-refractivity contribution in [2.24, 2.45) is 0 Å². The minimum absolute atomic E-state index is 0.597. The van der Waals surface area contributed by atoms with E-state index in [9.17, 15) is 0 Å². The van der Waals surface area contributed by atoms with Crippen molar-refractivity contribution in [2.45, 2.75) is 4.58 Å². The number of thioether (sulfide) groups is 2. The number of methoxy groups -OCH3 is 1. The van der Waals surface area contributed by atoms with Crippen LogP contribution in [0.5, 0.6) is 0 Å². The van der Waals surface area contributed by atoms with Crippen LogP contribution in [0.4, 0.5) is 0 Å². The van der Waals surface area contributed by atoms with Crippen LogP contribution in [-0.2, 0) is 4.74 Å². The van der Waals surface area contributed by atoms with Gasteiger partial charge in [0.15, 0.2) is 0 Å². The lowest BCUT2D eigenvalue weighted by Crippen LogP contribution is -1.93. The molecule has 1 saturated heterocycles. The molecule has 1 aliphatic heterocycles. The predicted octanol–water partition coefficient (Wildman–Crippen LogP) is 1.60. The van der Waals surface area contributed by atoms with E-state index in [-0.39, 0.29) is 0 Å². The molecule has 0 bridgehead atoms. The summed E-state index contributed by atoms with van der Waals surface area (Å²) >= 11 is 3.90. The van der Waals surface area contributed by atoms with E-state index in [1.54, 1.807) is 7.11 Å². The summed E-state index contributed by atoms with van der Waals surface area (Å²) in [5, 5.41) is 0. The summed E-state index contributed by atoms with van der Waals surface area (Å²) in [4.78, 5) is 0. The first-order chi connectivity index (χ1) is 3.93. The third kappa shape index (κ3) is 1.88. The average molecular weight is 149 g/mol. The highest BCUT2D eigenvalue weighted by molar-refractivity contribution is 8.20. The van der Waals surface area contributed by atoms with Crippen LogP contribution >= 0.6 is 23.5 Å². The van der Waals surface area contributed by atoms with Crippen LogP contribution in [0.3, 0.4) is 0 Å². The lowest BCUT2D eigenvalue weighted by atomic mass is 10.8. The summed E-state index contributed by atoms with van der Waals surface area (Å²) in [5.41, 5.74) is 0. The van der Waals surface area contributed by atoms with E-state index >= 15 is 0 Å². The second-order valence-electron chi connectivity index (χ2n) is 1.48. The number of hydrogen-bond donors (Lipinski definition) is 0. The Labute approximate surface area is 58.6 Å². The van der Waals surface area contributed by atoms with Crippen molar-refractivity contribution in [1.82, 2.24) is 0 Å². The number of rotatable bonds is 2. The molecule has 0 saturated carbocycles. The molecule has 0 amide bonds. The van der Waals surface area contributed by atoms with Crippen LogP contribution in [0.2, 0.25) is 0 Å². The van der Waals surface area contributed by atoms with Crippen LogP contribution in [-0.4, -0.2) is 23.2 Å². The van der Waals surface area contributed by atoms with E-state index in [0.29, 0.717) is 4.58 Å². The average Bonchev–Trinajstić information content (AvgIpc) is 2.19. The van der Waals surface area contributed by atoms with E-state index in [4.69, 9.17) is 4.74 Å². The highest BCUT2D eigenvalue weighted by Crippen LogP contribution is 2.33. The van der Waals surface area contributed by atoms with Gasteiger partial charge in [0.25, 0.3) is 0 Å². The molecule has 0 radical (unpaired) electrons. The largest absolute Gasteiger partial charge is 0.552 e. The lowest BCUT2D eigenvalue weighted by Gasteiger charge is -2.16. The van der Waals surface area contributed by atoms with Gasteiger partial charge in [0.1, 0.15) is 0 Å². The minimum Gasteiger partial charge on any atom is -0.552 e. The van der Waals surface area contributed by atoms with E-state index < -0.39 is 0 Å². The summed E-state index contributed by atoms with van der Waals surface area (Å²) in [5.74, 6) is 2.55. The highest BCUT2D eigenvalue weighted by atomic mass is 32.2. The Bertz CT molecular complexity index is 61.4. The first-order valence-corrected chi connectivity index (χ1v) is 4.62. The summed E-state index contributed by atoms with van der Waals surface area (Å²) in [7, 11) is 1.71. The normalized spacial score (nSPS) is 22.1. The lowest BCUT2D eigenvalue weighted by molar-refractivity contribution is 0.281. The van der Waals surface area contributed by atoms with Gasteiger partial charge in [-0.1, -0.05) is 4.58 Å². The van der Waals surface area contributed by atoms with Crippen molar-refractivity contribution in [3.8, 4) is 0 Å². The zero-order valence-corrected chi connectivity index (χ0v) is 6.43. The summed E-state index contributed by atoms with van der Waals surface area (Å²) in [6.45, 7) is 1.89. The maximum absolute atomic E-state index is 4.86. The minimum atomic E-state index is 0.597. The molecular formula is C5H9OS2-. The first kappa shape index (κ1) is 6.78. The van der Waals surface area contributed by atoms with Gasteiger partial charge >= 0.3 is 0 Å². The topological polar surface area (TPSA) is 9.23 Å². The Morgan fingerprint density at radius 3 is 2.62 bits per heavy atom. The van der Waals surface area contributed by atoms with Crippen LogP contribution in [0.25, 0.3) is 0 Å². The summed E-state index contributed by atoms with van der Waals surface area (Å²) < 4.78 is 5.46.